The highest BCUT2D eigenvalue weighted by Gasteiger charge is 2.11. The van der Waals surface area contributed by atoms with Crippen molar-refractivity contribution in [1.82, 2.24) is 9.88 Å². The summed E-state index contributed by atoms with van der Waals surface area (Å²) in [5.41, 5.74) is 4.27. The van der Waals surface area contributed by atoms with E-state index in [0.29, 0.717) is 19.0 Å². The zero-order valence-electron chi connectivity index (χ0n) is 13.9. The van der Waals surface area contributed by atoms with Crippen LogP contribution in [0.5, 0.6) is 0 Å². The van der Waals surface area contributed by atoms with E-state index in [2.05, 4.69) is 28.9 Å². The first-order valence-electron chi connectivity index (χ1n) is 8.13. The molecule has 0 radical (unpaired) electrons. The number of hydrogen-bond acceptors (Lipinski definition) is 4. The highest BCUT2D eigenvalue weighted by Crippen LogP contribution is 2.20. The van der Waals surface area contributed by atoms with Gasteiger partial charge in [0.15, 0.2) is 0 Å². The van der Waals surface area contributed by atoms with E-state index in [4.69, 9.17) is 4.42 Å². The first kappa shape index (κ1) is 16.4. The summed E-state index contributed by atoms with van der Waals surface area (Å²) in [7, 11) is 0. The number of nitrogens with zero attached hydrogens (tertiary/aromatic N) is 2. The summed E-state index contributed by atoms with van der Waals surface area (Å²) in [4.78, 5) is 6.74. The molecule has 4 heteroatoms. The van der Waals surface area contributed by atoms with Crippen LogP contribution in [0.1, 0.15) is 16.8 Å². The Morgan fingerprint density at radius 1 is 1.00 bits per heavy atom. The van der Waals surface area contributed by atoms with Crippen LogP contribution in [-0.2, 0) is 13.1 Å². The number of aromatic nitrogens is 1. The SMILES string of the molecule is Cc1ccc(-c2nc(CN(CCO)Cc3ccccc3)co2)cc1. The van der Waals surface area contributed by atoms with E-state index in [1.54, 1.807) is 6.26 Å². The van der Waals surface area contributed by atoms with Gasteiger partial charge in [-0.05, 0) is 24.6 Å². The van der Waals surface area contributed by atoms with Gasteiger partial charge in [-0.3, -0.25) is 4.90 Å². The predicted molar refractivity (Wildman–Crippen MR) is 94.3 cm³/mol. The fourth-order valence-electron chi connectivity index (χ4n) is 2.63. The van der Waals surface area contributed by atoms with Gasteiger partial charge in [-0.1, -0.05) is 48.0 Å². The van der Waals surface area contributed by atoms with Gasteiger partial charge in [-0.2, -0.15) is 0 Å². The summed E-state index contributed by atoms with van der Waals surface area (Å²) in [5, 5.41) is 9.32. The summed E-state index contributed by atoms with van der Waals surface area (Å²) in [6, 6.07) is 18.4. The lowest BCUT2D eigenvalue weighted by Crippen LogP contribution is -2.26. The van der Waals surface area contributed by atoms with Crippen molar-refractivity contribution in [2.45, 2.75) is 20.0 Å². The third-order valence-electron chi connectivity index (χ3n) is 3.90. The van der Waals surface area contributed by atoms with Crippen LogP contribution in [0.2, 0.25) is 0 Å². The van der Waals surface area contributed by atoms with Crippen molar-refractivity contribution >= 4 is 0 Å². The standard InChI is InChI=1S/C20H22N2O2/c1-16-7-9-18(10-8-16)20-21-19(15-24-20)14-22(11-12-23)13-17-5-3-2-4-6-17/h2-10,15,23H,11-14H2,1H3. The van der Waals surface area contributed by atoms with Crippen LogP contribution in [0, 0.1) is 6.92 Å². The number of rotatable bonds is 7. The molecule has 0 atom stereocenters. The topological polar surface area (TPSA) is 49.5 Å². The molecule has 0 aliphatic carbocycles. The summed E-state index contributed by atoms with van der Waals surface area (Å²) >= 11 is 0. The number of aliphatic hydroxyl groups is 1. The summed E-state index contributed by atoms with van der Waals surface area (Å²) in [6.45, 7) is 4.19. The molecule has 3 rings (SSSR count). The maximum atomic E-state index is 9.32. The molecule has 0 unspecified atom stereocenters. The molecule has 3 aromatic rings. The normalized spacial score (nSPS) is 11.1. The second kappa shape index (κ2) is 7.90. The van der Waals surface area contributed by atoms with Crippen molar-refractivity contribution in [2.75, 3.05) is 13.2 Å². The molecule has 1 aromatic heterocycles. The Hall–Kier alpha value is -2.43. The van der Waals surface area contributed by atoms with E-state index >= 15 is 0 Å². The minimum atomic E-state index is 0.121. The maximum Gasteiger partial charge on any atom is 0.226 e. The van der Waals surface area contributed by atoms with Gasteiger partial charge >= 0.3 is 0 Å². The molecule has 0 aliphatic heterocycles. The van der Waals surface area contributed by atoms with E-state index in [1.165, 1.54) is 11.1 Å². The van der Waals surface area contributed by atoms with Gasteiger partial charge in [0.2, 0.25) is 5.89 Å². The van der Waals surface area contributed by atoms with Crippen molar-refractivity contribution in [1.29, 1.82) is 0 Å². The van der Waals surface area contributed by atoms with Gasteiger partial charge in [0.1, 0.15) is 6.26 Å². The number of aryl methyl sites for hydroxylation is 1. The van der Waals surface area contributed by atoms with E-state index in [9.17, 15) is 5.11 Å². The van der Waals surface area contributed by atoms with Gasteiger partial charge in [-0.15, -0.1) is 0 Å². The average molecular weight is 322 g/mol. The Morgan fingerprint density at radius 3 is 2.46 bits per heavy atom. The van der Waals surface area contributed by atoms with Crippen molar-refractivity contribution in [3.05, 3.63) is 77.7 Å². The van der Waals surface area contributed by atoms with Gasteiger partial charge in [-0.25, -0.2) is 4.98 Å². The molecule has 0 fully saturated rings. The van der Waals surface area contributed by atoms with Gasteiger partial charge in [0, 0.05) is 25.2 Å². The first-order valence-corrected chi connectivity index (χ1v) is 8.13. The summed E-state index contributed by atoms with van der Waals surface area (Å²) in [5.74, 6) is 0.633. The van der Waals surface area contributed by atoms with Crippen molar-refractivity contribution < 1.29 is 9.52 Å². The first-order chi connectivity index (χ1) is 11.7. The Bertz CT molecular complexity index is 751. The summed E-state index contributed by atoms with van der Waals surface area (Å²) in [6.07, 6.45) is 1.70. The second-order valence-electron chi connectivity index (χ2n) is 5.93. The Morgan fingerprint density at radius 2 is 1.75 bits per heavy atom. The van der Waals surface area contributed by atoms with Crippen molar-refractivity contribution in [2.24, 2.45) is 0 Å². The average Bonchev–Trinajstić information content (AvgIpc) is 3.05. The molecular weight excluding hydrogens is 300 g/mol. The predicted octanol–water partition coefficient (Wildman–Crippen LogP) is 3.64. The fourth-order valence-corrected chi connectivity index (χ4v) is 2.63. The van der Waals surface area contributed by atoms with Crippen LogP contribution in [0.4, 0.5) is 0 Å². The molecule has 24 heavy (non-hydrogen) atoms. The lowest BCUT2D eigenvalue weighted by molar-refractivity contribution is 0.183. The molecule has 124 valence electrons. The third-order valence-corrected chi connectivity index (χ3v) is 3.90. The number of benzene rings is 2. The van der Waals surface area contributed by atoms with E-state index in [0.717, 1.165) is 17.8 Å². The van der Waals surface area contributed by atoms with Crippen LogP contribution in [0.3, 0.4) is 0 Å². The van der Waals surface area contributed by atoms with Crippen molar-refractivity contribution in [3.8, 4) is 11.5 Å². The molecule has 0 spiro atoms. The highest BCUT2D eigenvalue weighted by atomic mass is 16.3. The molecule has 0 bridgehead atoms. The van der Waals surface area contributed by atoms with Crippen LogP contribution in [-0.4, -0.2) is 28.1 Å². The monoisotopic (exact) mass is 322 g/mol. The molecular formula is C20H22N2O2. The number of oxazole rings is 1. The molecule has 2 aromatic carbocycles. The highest BCUT2D eigenvalue weighted by molar-refractivity contribution is 5.53. The second-order valence-corrected chi connectivity index (χ2v) is 5.93. The van der Waals surface area contributed by atoms with E-state index in [-0.39, 0.29) is 6.61 Å². The lowest BCUT2D eigenvalue weighted by Gasteiger charge is -2.20. The minimum absolute atomic E-state index is 0.121. The van der Waals surface area contributed by atoms with E-state index in [1.807, 2.05) is 42.5 Å². The van der Waals surface area contributed by atoms with Gasteiger partial charge in [0.25, 0.3) is 0 Å². The Balaban J connectivity index is 1.70. The Kier molecular flexibility index (Phi) is 5.41. The number of hydrogen-bond donors (Lipinski definition) is 1. The fraction of sp³-hybridized carbons (Fsp3) is 0.250. The van der Waals surface area contributed by atoms with Crippen molar-refractivity contribution in [3.63, 3.8) is 0 Å². The zero-order chi connectivity index (χ0) is 16.8. The van der Waals surface area contributed by atoms with E-state index < -0.39 is 0 Å². The smallest absolute Gasteiger partial charge is 0.226 e. The van der Waals surface area contributed by atoms with Gasteiger partial charge in [0.05, 0.1) is 12.3 Å². The molecule has 0 aliphatic rings. The summed E-state index contributed by atoms with van der Waals surface area (Å²) < 4.78 is 5.62. The van der Waals surface area contributed by atoms with Crippen LogP contribution >= 0.6 is 0 Å². The number of aliphatic hydroxyl groups excluding tert-OH is 1. The molecule has 1 N–H and O–H groups in total. The minimum Gasteiger partial charge on any atom is -0.444 e. The van der Waals surface area contributed by atoms with Crippen LogP contribution in [0.25, 0.3) is 11.5 Å². The lowest BCUT2D eigenvalue weighted by atomic mass is 10.1. The van der Waals surface area contributed by atoms with Gasteiger partial charge < -0.3 is 9.52 Å². The molecule has 0 saturated carbocycles. The largest absolute Gasteiger partial charge is 0.444 e. The molecule has 1 heterocycles. The quantitative estimate of drug-likeness (QED) is 0.721. The maximum absolute atomic E-state index is 9.32. The Labute approximate surface area is 142 Å². The molecule has 4 nitrogen and oxygen atoms in total. The van der Waals surface area contributed by atoms with Crippen LogP contribution < -0.4 is 0 Å². The third kappa shape index (κ3) is 4.31. The molecule has 0 amide bonds. The van der Waals surface area contributed by atoms with Crippen LogP contribution in [0.15, 0.2) is 65.3 Å². The molecule has 0 saturated heterocycles. The zero-order valence-corrected chi connectivity index (χ0v) is 13.9.